The van der Waals surface area contributed by atoms with Gasteiger partial charge in [-0.25, -0.2) is 8.42 Å². The minimum atomic E-state index is -3.97. The highest BCUT2D eigenvalue weighted by atomic mass is 32.2. The van der Waals surface area contributed by atoms with Crippen molar-refractivity contribution in [1.82, 2.24) is 0 Å². The molecule has 0 N–H and O–H groups in total. The lowest BCUT2D eigenvalue weighted by molar-refractivity contribution is 0.302. The molecule has 186 valence electrons. The van der Waals surface area contributed by atoms with Gasteiger partial charge in [0.25, 0.3) is 10.1 Å². The summed E-state index contributed by atoms with van der Waals surface area (Å²) in [5.74, 6) is 0.492. The maximum atomic E-state index is 13.0. The Balaban J connectivity index is 1.55. The second-order valence-corrected chi connectivity index (χ2v) is 12.0. The molecule has 0 spiro atoms. The van der Waals surface area contributed by atoms with E-state index in [1.54, 1.807) is 84.9 Å². The summed E-state index contributed by atoms with van der Waals surface area (Å²) in [6.07, 6.45) is 0. The van der Waals surface area contributed by atoms with E-state index in [-0.39, 0.29) is 22.2 Å². The number of benzene rings is 4. The molecule has 4 aromatic rings. The Morgan fingerprint density at radius 3 is 1.64 bits per heavy atom. The molecule has 0 aliphatic heterocycles. The van der Waals surface area contributed by atoms with Crippen molar-refractivity contribution in [1.29, 1.82) is 0 Å². The summed E-state index contributed by atoms with van der Waals surface area (Å²) in [7, 11) is -7.57. The van der Waals surface area contributed by atoms with E-state index in [1.165, 1.54) is 12.1 Å². The number of sulfone groups is 1. The molecule has 0 saturated heterocycles. The van der Waals surface area contributed by atoms with Gasteiger partial charge in [-0.2, -0.15) is 8.42 Å². The van der Waals surface area contributed by atoms with Crippen LogP contribution in [-0.2, 0) is 36.5 Å². The third-order valence-corrected chi connectivity index (χ3v) is 8.53. The van der Waals surface area contributed by atoms with Gasteiger partial charge in [0.2, 0.25) is 0 Å². The Labute approximate surface area is 212 Å². The maximum absolute atomic E-state index is 13.0. The fraction of sp³-hybridized carbons (Fsp3) is 0.143. The first-order valence-corrected chi connectivity index (χ1v) is 14.3. The number of rotatable bonds is 9. The summed E-state index contributed by atoms with van der Waals surface area (Å²) in [6.45, 7) is 3.53. The lowest BCUT2D eigenvalue weighted by atomic mass is 10.2. The van der Waals surface area contributed by atoms with E-state index in [4.69, 9.17) is 8.92 Å². The Morgan fingerprint density at radius 1 is 0.583 bits per heavy atom. The molecule has 0 fully saturated rings. The summed E-state index contributed by atoms with van der Waals surface area (Å²) in [4.78, 5) is 0.302. The summed E-state index contributed by atoms with van der Waals surface area (Å²) in [5, 5.41) is 0. The van der Waals surface area contributed by atoms with Gasteiger partial charge in [-0.1, -0.05) is 71.8 Å². The molecule has 36 heavy (non-hydrogen) atoms. The molecule has 0 saturated carbocycles. The molecule has 4 aromatic carbocycles. The summed E-state index contributed by atoms with van der Waals surface area (Å²) in [6, 6.07) is 26.9. The van der Waals surface area contributed by atoms with Crippen LogP contribution in [0.3, 0.4) is 0 Å². The zero-order chi connectivity index (χ0) is 25.8. The predicted molar refractivity (Wildman–Crippen MR) is 138 cm³/mol. The lowest BCUT2D eigenvalue weighted by Gasteiger charge is -2.15. The first-order chi connectivity index (χ1) is 17.1. The van der Waals surface area contributed by atoms with Gasteiger partial charge in [-0.15, -0.1) is 0 Å². The van der Waals surface area contributed by atoms with Crippen molar-refractivity contribution >= 4 is 20.0 Å². The topological polar surface area (TPSA) is 86.7 Å². The third-order valence-electron chi connectivity index (χ3n) is 5.57. The molecule has 6 nitrogen and oxygen atoms in total. The molecular formula is C28H26O6S2. The van der Waals surface area contributed by atoms with Crippen molar-refractivity contribution < 1.29 is 25.8 Å². The quantitative estimate of drug-likeness (QED) is 0.252. The van der Waals surface area contributed by atoms with Crippen molar-refractivity contribution in [2.24, 2.45) is 0 Å². The van der Waals surface area contributed by atoms with Gasteiger partial charge < -0.3 is 4.74 Å². The van der Waals surface area contributed by atoms with Crippen LogP contribution in [-0.4, -0.2) is 16.8 Å². The number of para-hydroxylation sites is 2. The smallest absolute Gasteiger partial charge is 0.297 e. The molecule has 4 rings (SSSR count). The van der Waals surface area contributed by atoms with Gasteiger partial charge in [0.15, 0.2) is 9.84 Å². The molecule has 0 atom stereocenters. The van der Waals surface area contributed by atoms with Crippen LogP contribution in [0.2, 0.25) is 0 Å². The molecule has 0 aliphatic rings. The van der Waals surface area contributed by atoms with E-state index in [0.717, 1.165) is 11.1 Å². The predicted octanol–water partition coefficient (Wildman–Crippen LogP) is 5.98. The Kier molecular flexibility index (Phi) is 7.59. The molecule has 0 aliphatic carbocycles. The maximum Gasteiger partial charge on any atom is 0.297 e. The average Bonchev–Trinajstić information content (AvgIpc) is 2.85. The van der Waals surface area contributed by atoms with Crippen molar-refractivity contribution in [3.05, 3.63) is 119 Å². The summed E-state index contributed by atoms with van der Waals surface area (Å²) >= 11 is 0. The van der Waals surface area contributed by atoms with E-state index in [9.17, 15) is 16.8 Å². The van der Waals surface area contributed by atoms with Crippen LogP contribution in [0.1, 0.15) is 22.3 Å². The number of aryl methyl sites for hydroxylation is 2. The molecule has 0 heterocycles. The molecule has 0 bridgehead atoms. The van der Waals surface area contributed by atoms with E-state index in [2.05, 4.69) is 0 Å². The van der Waals surface area contributed by atoms with Gasteiger partial charge in [0.1, 0.15) is 11.5 Å². The van der Waals surface area contributed by atoms with Crippen LogP contribution < -0.4 is 4.74 Å². The normalized spacial score (nSPS) is 11.8. The second-order valence-electron chi connectivity index (χ2n) is 8.42. The Bertz CT molecular complexity index is 1560. The lowest BCUT2D eigenvalue weighted by Crippen LogP contribution is -2.08. The van der Waals surface area contributed by atoms with E-state index < -0.39 is 20.0 Å². The third kappa shape index (κ3) is 6.20. The van der Waals surface area contributed by atoms with Gasteiger partial charge in [0.05, 0.1) is 22.2 Å². The molecule has 0 aromatic heterocycles. The van der Waals surface area contributed by atoms with Crippen LogP contribution >= 0.6 is 0 Å². The SMILES string of the molecule is Cc1ccc(S(=O)(=O)Cc2ccccc2Oc2ccccc2COS(=O)(=O)c2ccc(C)cc2)cc1. The average molecular weight is 523 g/mol. The zero-order valence-electron chi connectivity index (χ0n) is 19.9. The van der Waals surface area contributed by atoms with Crippen LogP contribution in [0.15, 0.2) is 107 Å². The number of hydrogen-bond donors (Lipinski definition) is 0. The summed E-state index contributed by atoms with van der Waals surface area (Å²) in [5.41, 5.74) is 2.90. The van der Waals surface area contributed by atoms with Gasteiger partial charge >= 0.3 is 0 Å². The van der Waals surface area contributed by atoms with Crippen molar-refractivity contribution in [2.75, 3.05) is 0 Å². The van der Waals surface area contributed by atoms with Crippen LogP contribution in [0.5, 0.6) is 11.5 Å². The summed E-state index contributed by atoms with van der Waals surface area (Å²) < 4.78 is 62.7. The highest BCUT2D eigenvalue weighted by Crippen LogP contribution is 2.31. The second kappa shape index (κ2) is 10.7. The zero-order valence-corrected chi connectivity index (χ0v) is 21.6. The monoisotopic (exact) mass is 522 g/mol. The van der Waals surface area contributed by atoms with E-state index in [0.29, 0.717) is 22.6 Å². The van der Waals surface area contributed by atoms with Crippen LogP contribution in [0, 0.1) is 13.8 Å². The van der Waals surface area contributed by atoms with Crippen LogP contribution in [0.4, 0.5) is 0 Å². The fourth-order valence-electron chi connectivity index (χ4n) is 3.51. The van der Waals surface area contributed by atoms with E-state index >= 15 is 0 Å². The highest BCUT2D eigenvalue weighted by molar-refractivity contribution is 7.90. The molecule has 0 amide bonds. The molecule has 8 heteroatoms. The fourth-order valence-corrected chi connectivity index (χ4v) is 5.76. The molecule has 0 unspecified atom stereocenters. The Morgan fingerprint density at radius 2 is 1.06 bits per heavy atom. The van der Waals surface area contributed by atoms with Gasteiger partial charge in [-0.3, -0.25) is 4.18 Å². The largest absolute Gasteiger partial charge is 0.457 e. The number of hydrogen-bond acceptors (Lipinski definition) is 6. The van der Waals surface area contributed by atoms with Crippen LogP contribution in [0.25, 0.3) is 0 Å². The van der Waals surface area contributed by atoms with Crippen molar-refractivity contribution in [2.45, 2.75) is 36.0 Å². The molecular weight excluding hydrogens is 496 g/mol. The highest BCUT2D eigenvalue weighted by Gasteiger charge is 2.20. The Hall–Kier alpha value is -3.46. The minimum Gasteiger partial charge on any atom is -0.457 e. The van der Waals surface area contributed by atoms with Crippen molar-refractivity contribution in [3.8, 4) is 11.5 Å². The van der Waals surface area contributed by atoms with Gasteiger partial charge in [0, 0.05) is 11.1 Å². The molecule has 0 radical (unpaired) electrons. The number of ether oxygens (including phenoxy) is 1. The van der Waals surface area contributed by atoms with E-state index in [1.807, 2.05) is 13.8 Å². The minimum absolute atomic E-state index is 0.0677. The van der Waals surface area contributed by atoms with Crippen molar-refractivity contribution in [3.63, 3.8) is 0 Å². The first kappa shape index (κ1) is 25.6. The first-order valence-electron chi connectivity index (χ1n) is 11.2. The standard InChI is InChI=1S/C28H26O6S2/c1-21-11-15-25(16-12-21)35(29,30)20-24-8-4-6-10-28(24)34-27-9-5-3-7-23(27)19-33-36(31,32)26-17-13-22(2)14-18-26/h3-18H,19-20H2,1-2H3. The van der Waals surface area contributed by atoms with Gasteiger partial charge in [-0.05, 0) is 50.2 Å².